The van der Waals surface area contributed by atoms with Gasteiger partial charge in [0.2, 0.25) is 0 Å². The Kier molecular flexibility index (Phi) is 7.03. The minimum Gasteiger partial charge on any atom is -0.497 e. The molecule has 0 saturated heterocycles. The van der Waals surface area contributed by atoms with Gasteiger partial charge >= 0.3 is 0 Å². The first-order valence-corrected chi connectivity index (χ1v) is 13.8. The van der Waals surface area contributed by atoms with Crippen molar-refractivity contribution < 1.29 is 9.53 Å². The van der Waals surface area contributed by atoms with E-state index in [1.165, 1.54) is 5.56 Å². The molecule has 2 aromatic carbocycles. The minimum absolute atomic E-state index is 0.00301. The van der Waals surface area contributed by atoms with E-state index in [-0.39, 0.29) is 23.3 Å². The number of nitrogens with one attached hydrogen (secondary N) is 1. The Morgan fingerprint density at radius 2 is 1.88 bits per heavy atom. The van der Waals surface area contributed by atoms with Crippen molar-refractivity contribution >= 4 is 16.7 Å². The van der Waals surface area contributed by atoms with Gasteiger partial charge in [0.05, 0.1) is 25.5 Å². The zero-order valence-electron chi connectivity index (χ0n) is 22.6. The molecule has 3 aromatic heterocycles. The second-order valence-electron chi connectivity index (χ2n) is 10.7. The van der Waals surface area contributed by atoms with E-state index in [9.17, 15) is 9.59 Å². The van der Waals surface area contributed by atoms with Crippen molar-refractivity contribution in [3.05, 3.63) is 113 Å². The molecule has 1 N–H and O–H groups in total. The molecule has 0 aliphatic heterocycles. The lowest BCUT2D eigenvalue weighted by Crippen LogP contribution is -2.30. The molecular formula is C33H32N4O3. The first-order chi connectivity index (χ1) is 19.5. The van der Waals surface area contributed by atoms with Gasteiger partial charge in [-0.05, 0) is 72.9 Å². The van der Waals surface area contributed by atoms with E-state index < -0.39 is 0 Å². The Morgan fingerprint density at radius 3 is 2.65 bits per heavy atom. The van der Waals surface area contributed by atoms with Crippen molar-refractivity contribution in [2.75, 3.05) is 7.11 Å². The van der Waals surface area contributed by atoms with Gasteiger partial charge in [-0.15, -0.1) is 0 Å². The highest BCUT2D eigenvalue weighted by atomic mass is 16.5. The molecule has 7 heteroatoms. The average molecular weight is 533 g/mol. The molecule has 3 heterocycles. The molecule has 1 aliphatic rings. The number of pyridine rings is 1. The van der Waals surface area contributed by atoms with Crippen LogP contribution in [0.15, 0.2) is 90.1 Å². The monoisotopic (exact) mass is 532 g/mol. The number of nitrogens with zero attached hydrogens (tertiary/aromatic N) is 3. The summed E-state index contributed by atoms with van der Waals surface area (Å²) in [5, 5.41) is 1.02. The molecule has 0 atom stereocenters. The van der Waals surface area contributed by atoms with Crippen molar-refractivity contribution in [1.82, 2.24) is 19.5 Å². The van der Waals surface area contributed by atoms with Gasteiger partial charge in [0, 0.05) is 35.4 Å². The maximum absolute atomic E-state index is 13.8. The van der Waals surface area contributed by atoms with Gasteiger partial charge in [-0.2, -0.15) is 0 Å². The summed E-state index contributed by atoms with van der Waals surface area (Å²) in [7, 11) is 1.68. The maximum atomic E-state index is 13.8. The number of aromatic nitrogens is 4. The summed E-state index contributed by atoms with van der Waals surface area (Å²) in [4.78, 5) is 39.1. The number of hydrogen-bond acceptors (Lipinski definition) is 5. The normalized spacial score (nSPS) is 13.8. The number of benzene rings is 2. The van der Waals surface area contributed by atoms with Gasteiger partial charge < -0.3 is 9.72 Å². The quantitative estimate of drug-likeness (QED) is 0.237. The smallest absolute Gasteiger partial charge is 0.273 e. The van der Waals surface area contributed by atoms with E-state index in [1.807, 2.05) is 54.6 Å². The van der Waals surface area contributed by atoms with Crippen LogP contribution in [0.4, 0.5) is 0 Å². The van der Waals surface area contributed by atoms with Crippen LogP contribution in [0.2, 0.25) is 0 Å². The molecule has 6 rings (SSSR count). The summed E-state index contributed by atoms with van der Waals surface area (Å²) in [6.07, 6.45) is 9.75. The molecule has 0 radical (unpaired) electrons. The van der Waals surface area contributed by atoms with Crippen molar-refractivity contribution in [1.29, 1.82) is 0 Å². The van der Waals surface area contributed by atoms with E-state index in [0.29, 0.717) is 30.7 Å². The van der Waals surface area contributed by atoms with Gasteiger partial charge in [0.1, 0.15) is 11.4 Å². The van der Waals surface area contributed by atoms with E-state index in [0.717, 1.165) is 47.2 Å². The van der Waals surface area contributed by atoms with E-state index in [1.54, 1.807) is 30.3 Å². The molecule has 1 fully saturated rings. The van der Waals surface area contributed by atoms with Crippen molar-refractivity contribution in [2.45, 2.75) is 50.5 Å². The third kappa shape index (κ3) is 5.32. The van der Waals surface area contributed by atoms with E-state index in [2.05, 4.69) is 27.1 Å². The number of ketones is 1. The number of fused-ring (bicyclic) bond motifs is 1. The molecule has 202 valence electrons. The maximum Gasteiger partial charge on any atom is 0.273 e. The summed E-state index contributed by atoms with van der Waals surface area (Å²) in [6, 6.07) is 21.8. The number of rotatable bonds is 11. The van der Waals surface area contributed by atoms with Gasteiger partial charge in [-0.25, -0.2) is 0 Å². The Balaban J connectivity index is 1.22. The number of ether oxygens (including phenoxy) is 1. The van der Waals surface area contributed by atoms with Crippen LogP contribution in [-0.4, -0.2) is 32.4 Å². The lowest BCUT2D eigenvalue weighted by molar-refractivity contribution is -0.119. The summed E-state index contributed by atoms with van der Waals surface area (Å²) in [6.45, 7) is 0.0153. The van der Waals surface area contributed by atoms with Crippen LogP contribution in [-0.2, 0) is 29.6 Å². The number of H-pyrrole nitrogens is 1. The Hall–Kier alpha value is -4.52. The molecule has 5 aromatic rings. The first kappa shape index (κ1) is 25.7. The third-order valence-electron chi connectivity index (χ3n) is 8.06. The molecule has 0 spiro atoms. The van der Waals surface area contributed by atoms with Crippen molar-refractivity contribution in [2.24, 2.45) is 0 Å². The SMILES string of the molecule is COc1cccc(C2(CCc3ncc(-c4ccccc4)n(CC(=O)CCc4cc5cnccc5[nH]4)c3=O)CC2)c1. The fourth-order valence-corrected chi connectivity index (χ4v) is 5.54. The van der Waals surface area contributed by atoms with Crippen LogP contribution in [0.25, 0.3) is 22.2 Å². The second-order valence-corrected chi connectivity index (χ2v) is 10.7. The predicted octanol–water partition coefficient (Wildman–Crippen LogP) is 5.66. The topological polar surface area (TPSA) is 89.9 Å². The van der Waals surface area contributed by atoms with Gasteiger partial charge in [0.15, 0.2) is 5.78 Å². The molecular weight excluding hydrogens is 500 g/mol. The highest BCUT2D eigenvalue weighted by molar-refractivity contribution is 5.81. The average Bonchev–Trinajstić information content (AvgIpc) is 3.67. The zero-order chi connectivity index (χ0) is 27.5. The largest absolute Gasteiger partial charge is 0.497 e. The summed E-state index contributed by atoms with van der Waals surface area (Å²) in [5.41, 5.74) is 5.12. The lowest BCUT2D eigenvalue weighted by Gasteiger charge is -2.18. The van der Waals surface area contributed by atoms with E-state index in [4.69, 9.17) is 4.74 Å². The minimum atomic E-state index is -0.187. The Bertz CT molecular complexity index is 1680. The zero-order valence-corrected chi connectivity index (χ0v) is 22.6. The Morgan fingerprint density at radius 1 is 1.02 bits per heavy atom. The van der Waals surface area contributed by atoms with Gasteiger partial charge in [0.25, 0.3) is 5.56 Å². The highest BCUT2D eigenvalue weighted by Crippen LogP contribution is 2.52. The number of aromatic amines is 1. The number of carbonyl (C=O) groups is 1. The molecule has 7 nitrogen and oxygen atoms in total. The van der Waals surface area contributed by atoms with Crippen LogP contribution >= 0.6 is 0 Å². The van der Waals surface area contributed by atoms with Crippen LogP contribution < -0.4 is 10.3 Å². The van der Waals surface area contributed by atoms with Crippen LogP contribution in [0.3, 0.4) is 0 Å². The first-order valence-electron chi connectivity index (χ1n) is 13.8. The van der Waals surface area contributed by atoms with Crippen LogP contribution in [0, 0.1) is 0 Å². The molecule has 40 heavy (non-hydrogen) atoms. The molecule has 0 bridgehead atoms. The standard InChI is InChI=1S/C33H32N4O3/c1-40-28-9-5-8-25(19-28)33(15-16-33)14-12-30-32(39)37(31(21-35-30)23-6-3-2-4-7-23)22-27(38)11-10-26-18-24-20-34-17-13-29(24)36-26/h2-9,13,17-21,36H,10-12,14-16,22H2,1H3. The lowest BCUT2D eigenvalue weighted by atomic mass is 9.90. The number of carbonyl (C=O) groups excluding carboxylic acids is 1. The predicted molar refractivity (Wildman–Crippen MR) is 156 cm³/mol. The van der Waals surface area contributed by atoms with Crippen LogP contribution in [0.5, 0.6) is 5.75 Å². The van der Waals surface area contributed by atoms with Gasteiger partial charge in [-0.1, -0.05) is 42.5 Å². The second kappa shape index (κ2) is 10.9. The van der Waals surface area contributed by atoms with Gasteiger partial charge in [-0.3, -0.25) is 24.1 Å². The molecule has 0 unspecified atom stereocenters. The van der Waals surface area contributed by atoms with Crippen molar-refractivity contribution in [3.63, 3.8) is 0 Å². The highest BCUT2D eigenvalue weighted by Gasteiger charge is 2.44. The summed E-state index contributed by atoms with van der Waals surface area (Å²) in [5.74, 6) is 0.849. The molecule has 0 amide bonds. The molecule has 1 aliphatic carbocycles. The summed E-state index contributed by atoms with van der Waals surface area (Å²) < 4.78 is 7.04. The fourth-order valence-electron chi connectivity index (χ4n) is 5.54. The van der Waals surface area contributed by atoms with Crippen molar-refractivity contribution in [3.8, 4) is 17.0 Å². The molecule has 1 saturated carbocycles. The summed E-state index contributed by atoms with van der Waals surface area (Å²) >= 11 is 0. The number of aryl methyl sites for hydroxylation is 2. The third-order valence-corrected chi connectivity index (χ3v) is 8.06. The fraction of sp³-hybridized carbons (Fsp3) is 0.273. The Labute approximate surface area is 232 Å². The number of Topliss-reactive ketones (excluding diaryl/α,β-unsaturated/α-hetero) is 1. The number of methoxy groups -OCH3 is 1. The van der Waals surface area contributed by atoms with E-state index >= 15 is 0 Å². The number of hydrogen-bond donors (Lipinski definition) is 1. The van der Waals surface area contributed by atoms with Crippen LogP contribution in [0.1, 0.15) is 42.6 Å².